The Morgan fingerprint density at radius 2 is 2.16 bits per heavy atom. The standard InChI is InChI=1S/C16H27N3/c1-4-10-17-13(3)15-7-6-11-18-16(15)19(12-5-2)14-8-9-14/h6-7,11,13-14,17H,4-5,8-10,12H2,1-3H3. The van der Waals surface area contributed by atoms with Crippen LogP contribution >= 0.6 is 0 Å². The van der Waals surface area contributed by atoms with Crippen LogP contribution in [0.5, 0.6) is 0 Å². The van der Waals surface area contributed by atoms with Gasteiger partial charge in [-0.2, -0.15) is 0 Å². The minimum atomic E-state index is 0.377. The van der Waals surface area contributed by atoms with Crippen LogP contribution in [0.25, 0.3) is 0 Å². The van der Waals surface area contributed by atoms with Gasteiger partial charge in [0.2, 0.25) is 0 Å². The Morgan fingerprint density at radius 1 is 1.37 bits per heavy atom. The van der Waals surface area contributed by atoms with Gasteiger partial charge in [0.1, 0.15) is 5.82 Å². The van der Waals surface area contributed by atoms with Crippen molar-refractivity contribution in [2.45, 2.75) is 58.5 Å². The number of nitrogens with zero attached hydrogens (tertiary/aromatic N) is 2. The minimum absolute atomic E-state index is 0.377. The van der Waals surface area contributed by atoms with Gasteiger partial charge in [-0.15, -0.1) is 0 Å². The molecule has 1 N–H and O–H groups in total. The van der Waals surface area contributed by atoms with E-state index in [9.17, 15) is 0 Å². The van der Waals surface area contributed by atoms with Crippen molar-refractivity contribution in [2.75, 3.05) is 18.0 Å². The summed E-state index contributed by atoms with van der Waals surface area (Å²) in [6.07, 6.45) is 6.93. The van der Waals surface area contributed by atoms with Crippen molar-refractivity contribution in [3.05, 3.63) is 23.9 Å². The molecule has 19 heavy (non-hydrogen) atoms. The summed E-state index contributed by atoms with van der Waals surface area (Å²) in [4.78, 5) is 7.19. The van der Waals surface area contributed by atoms with Gasteiger partial charge in [0.25, 0.3) is 0 Å². The van der Waals surface area contributed by atoms with Crippen LogP contribution in [0.1, 0.15) is 58.1 Å². The Hall–Kier alpha value is -1.09. The molecule has 0 amide bonds. The predicted octanol–water partition coefficient (Wildman–Crippen LogP) is 3.52. The smallest absolute Gasteiger partial charge is 0.133 e. The fourth-order valence-corrected chi connectivity index (χ4v) is 2.55. The summed E-state index contributed by atoms with van der Waals surface area (Å²) in [5, 5.41) is 3.58. The summed E-state index contributed by atoms with van der Waals surface area (Å²) in [5.74, 6) is 1.20. The van der Waals surface area contributed by atoms with Gasteiger partial charge >= 0.3 is 0 Å². The van der Waals surface area contributed by atoms with Gasteiger partial charge in [0.05, 0.1) is 0 Å². The second kappa shape index (κ2) is 6.90. The van der Waals surface area contributed by atoms with Crippen molar-refractivity contribution in [1.29, 1.82) is 0 Å². The second-order valence-corrected chi connectivity index (χ2v) is 5.52. The van der Waals surface area contributed by atoms with Crippen LogP contribution in [0.2, 0.25) is 0 Å². The molecule has 106 valence electrons. The summed E-state index contributed by atoms with van der Waals surface area (Å²) >= 11 is 0. The zero-order chi connectivity index (χ0) is 13.7. The largest absolute Gasteiger partial charge is 0.353 e. The molecule has 1 aliphatic rings. The topological polar surface area (TPSA) is 28.2 Å². The maximum atomic E-state index is 4.67. The third-order valence-electron chi connectivity index (χ3n) is 3.71. The van der Waals surface area contributed by atoms with Crippen molar-refractivity contribution < 1.29 is 0 Å². The Labute approximate surface area is 117 Å². The highest BCUT2D eigenvalue weighted by Crippen LogP contribution is 2.34. The van der Waals surface area contributed by atoms with E-state index >= 15 is 0 Å². The molecule has 1 aromatic rings. The molecule has 1 unspecified atom stereocenters. The normalized spacial score (nSPS) is 16.4. The van der Waals surface area contributed by atoms with Gasteiger partial charge in [0, 0.05) is 30.4 Å². The van der Waals surface area contributed by atoms with Gasteiger partial charge in [-0.05, 0) is 45.2 Å². The van der Waals surface area contributed by atoms with Crippen LogP contribution in [0.3, 0.4) is 0 Å². The number of anilines is 1. The van der Waals surface area contributed by atoms with E-state index in [2.05, 4.69) is 48.1 Å². The SMILES string of the molecule is CCCNC(C)c1cccnc1N(CCC)C1CC1. The van der Waals surface area contributed by atoms with E-state index in [1.165, 1.54) is 37.1 Å². The highest BCUT2D eigenvalue weighted by molar-refractivity contribution is 5.50. The second-order valence-electron chi connectivity index (χ2n) is 5.52. The zero-order valence-electron chi connectivity index (χ0n) is 12.5. The van der Waals surface area contributed by atoms with Crippen LogP contribution in [0.4, 0.5) is 5.82 Å². The molecular weight excluding hydrogens is 234 g/mol. The highest BCUT2D eigenvalue weighted by Gasteiger charge is 2.31. The van der Waals surface area contributed by atoms with E-state index in [4.69, 9.17) is 0 Å². The predicted molar refractivity (Wildman–Crippen MR) is 81.6 cm³/mol. The number of pyridine rings is 1. The van der Waals surface area contributed by atoms with Crippen molar-refractivity contribution in [3.63, 3.8) is 0 Å². The molecule has 0 spiro atoms. The molecule has 0 aromatic carbocycles. The lowest BCUT2D eigenvalue weighted by atomic mass is 10.1. The Balaban J connectivity index is 2.18. The summed E-state index contributed by atoms with van der Waals surface area (Å²) in [7, 11) is 0. The molecule has 3 heteroatoms. The fraction of sp³-hybridized carbons (Fsp3) is 0.688. The lowest BCUT2D eigenvalue weighted by Crippen LogP contribution is -2.30. The van der Waals surface area contributed by atoms with E-state index in [-0.39, 0.29) is 0 Å². The molecular formula is C16H27N3. The maximum Gasteiger partial charge on any atom is 0.133 e. The molecule has 1 aliphatic carbocycles. The van der Waals surface area contributed by atoms with Gasteiger partial charge in [-0.25, -0.2) is 4.98 Å². The average molecular weight is 261 g/mol. The molecule has 0 saturated heterocycles. The number of hydrogen-bond donors (Lipinski definition) is 1. The van der Waals surface area contributed by atoms with E-state index in [1.54, 1.807) is 0 Å². The first-order valence-electron chi connectivity index (χ1n) is 7.72. The molecule has 0 radical (unpaired) electrons. The molecule has 1 aromatic heterocycles. The lowest BCUT2D eigenvalue weighted by molar-refractivity contribution is 0.566. The first kappa shape index (κ1) is 14.3. The number of aromatic nitrogens is 1. The summed E-state index contributed by atoms with van der Waals surface area (Å²) < 4.78 is 0. The molecule has 1 heterocycles. The van der Waals surface area contributed by atoms with Crippen molar-refractivity contribution in [3.8, 4) is 0 Å². The Morgan fingerprint density at radius 3 is 2.79 bits per heavy atom. The fourth-order valence-electron chi connectivity index (χ4n) is 2.55. The molecule has 1 fully saturated rings. The maximum absolute atomic E-state index is 4.67. The van der Waals surface area contributed by atoms with E-state index in [1.807, 2.05) is 6.20 Å². The van der Waals surface area contributed by atoms with Crippen LogP contribution in [-0.2, 0) is 0 Å². The number of nitrogens with one attached hydrogen (secondary N) is 1. The van der Waals surface area contributed by atoms with Crippen LogP contribution < -0.4 is 10.2 Å². The van der Waals surface area contributed by atoms with E-state index < -0.39 is 0 Å². The molecule has 0 bridgehead atoms. The van der Waals surface area contributed by atoms with Crippen LogP contribution in [-0.4, -0.2) is 24.1 Å². The van der Waals surface area contributed by atoms with Crippen molar-refractivity contribution in [2.24, 2.45) is 0 Å². The van der Waals surface area contributed by atoms with Crippen LogP contribution in [0.15, 0.2) is 18.3 Å². The van der Waals surface area contributed by atoms with Gasteiger partial charge in [-0.3, -0.25) is 0 Å². The summed E-state index contributed by atoms with van der Waals surface area (Å²) in [5.41, 5.74) is 1.34. The highest BCUT2D eigenvalue weighted by atomic mass is 15.2. The average Bonchev–Trinajstić information content (AvgIpc) is 3.26. The molecule has 1 saturated carbocycles. The van der Waals surface area contributed by atoms with E-state index in [0.717, 1.165) is 19.1 Å². The molecule has 0 aliphatic heterocycles. The Kier molecular flexibility index (Phi) is 5.20. The van der Waals surface area contributed by atoms with E-state index in [0.29, 0.717) is 6.04 Å². The lowest BCUT2D eigenvalue weighted by Gasteiger charge is -2.27. The van der Waals surface area contributed by atoms with Gasteiger partial charge in [-0.1, -0.05) is 19.9 Å². The monoisotopic (exact) mass is 261 g/mol. The number of rotatable bonds is 8. The zero-order valence-corrected chi connectivity index (χ0v) is 12.5. The summed E-state index contributed by atoms with van der Waals surface area (Å²) in [6.45, 7) is 8.88. The molecule has 3 nitrogen and oxygen atoms in total. The van der Waals surface area contributed by atoms with Gasteiger partial charge in [0.15, 0.2) is 0 Å². The van der Waals surface area contributed by atoms with Gasteiger partial charge < -0.3 is 10.2 Å². The Bertz CT molecular complexity index is 387. The molecule has 2 rings (SSSR count). The number of hydrogen-bond acceptors (Lipinski definition) is 3. The van der Waals surface area contributed by atoms with Crippen LogP contribution in [0, 0.1) is 0 Å². The first-order valence-corrected chi connectivity index (χ1v) is 7.72. The van der Waals surface area contributed by atoms with Crippen molar-refractivity contribution in [1.82, 2.24) is 10.3 Å². The summed E-state index contributed by atoms with van der Waals surface area (Å²) in [6, 6.07) is 5.38. The quantitative estimate of drug-likeness (QED) is 0.776. The molecule has 1 atom stereocenters. The third kappa shape index (κ3) is 3.69. The third-order valence-corrected chi connectivity index (χ3v) is 3.71. The minimum Gasteiger partial charge on any atom is -0.353 e. The first-order chi connectivity index (χ1) is 9.27. The van der Waals surface area contributed by atoms with Crippen molar-refractivity contribution >= 4 is 5.82 Å².